The standard InChI is InChI=1S/C30H45NO8/c1-9-18(3)23(32)19(4)14-12-10-11-13-17(2)15-16-22-20(5)27(28(36-7)29(31-22)37-8)39-30-26(35)25(34)24(33)21(6)38-30/h9-12,14-15,19,21,23-26,30,32-35H,13,16H2,1-8H3/b11-10+,14-12+,17-15+,18-9+. The van der Waals surface area contributed by atoms with Gasteiger partial charge < -0.3 is 39.4 Å². The second-order valence-corrected chi connectivity index (χ2v) is 9.96. The number of rotatable bonds is 12. The molecule has 0 radical (unpaired) electrons. The van der Waals surface area contributed by atoms with Gasteiger partial charge in [0.1, 0.15) is 18.3 Å². The second-order valence-electron chi connectivity index (χ2n) is 9.96. The Hall–Kier alpha value is -2.69. The largest absolute Gasteiger partial charge is 0.489 e. The zero-order valence-electron chi connectivity index (χ0n) is 24.3. The molecule has 4 N–H and O–H groups in total. The van der Waals surface area contributed by atoms with Gasteiger partial charge in [0.2, 0.25) is 12.0 Å². The smallest absolute Gasteiger partial charge is 0.261 e. The topological polar surface area (TPSA) is 131 Å². The minimum atomic E-state index is -1.47. The fourth-order valence-electron chi connectivity index (χ4n) is 4.16. The summed E-state index contributed by atoms with van der Waals surface area (Å²) in [6.45, 7) is 11.3. The van der Waals surface area contributed by atoms with Crippen LogP contribution in [0, 0.1) is 12.8 Å². The van der Waals surface area contributed by atoms with Crippen molar-refractivity contribution < 1.29 is 39.4 Å². The first-order valence-corrected chi connectivity index (χ1v) is 13.2. The molecule has 7 unspecified atom stereocenters. The van der Waals surface area contributed by atoms with Gasteiger partial charge in [-0.15, -0.1) is 0 Å². The Morgan fingerprint density at radius 3 is 2.36 bits per heavy atom. The lowest BCUT2D eigenvalue weighted by atomic mass is 9.98. The molecule has 0 bridgehead atoms. The number of pyridine rings is 1. The lowest BCUT2D eigenvalue weighted by molar-refractivity contribution is -0.268. The molecule has 0 aliphatic carbocycles. The van der Waals surface area contributed by atoms with Crippen LogP contribution >= 0.6 is 0 Å². The van der Waals surface area contributed by atoms with Gasteiger partial charge in [-0.25, -0.2) is 4.98 Å². The van der Waals surface area contributed by atoms with Crippen molar-refractivity contribution in [2.24, 2.45) is 5.92 Å². The highest BCUT2D eigenvalue weighted by Gasteiger charge is 2.43. The minimum Gasteiger partial charge on any atom is -0.489 e. The molecule has 1 aliphatic heterocycles. The monoisotopic (exact) mass is 547 g/mol. The number of aromatic nitrogens is 1. The third-order valence-corrected chi connectivity index (χ3v) is 7.02. The minimum absolute atomic E-state index is 0.0228. The Kier molecular flexibility index (Phi) is 12.7. The summed E-state index contributed by atoms with van der Waals surface area (Å²) in [7, 11) is 2.93. The molecule has 9 heteroatoms. The zero-order valence-corrected chi connectivity index (χ0v) is 24.3. The van der Waals surface area contributed by atoms with Crippen LogP contribution in [-0.4, -0.2) is 76.4 Å². The van der Waals surface area contributed by atoms with E-state index in [1.165, 1.54) is 14.2 Å². The molecule has 1 fully saturated rings. The Bertz CT molecular complexity index is 1060. The molecule has 1 aromatic rings. The van der Waals surface area contributed by atoms with Crippen LogP contribution in [0.5, 0.6) is 17.4 Å². The number of nitrogens with zero attached hydrogens (tertiary/aromatic N) is 1. The van der Waals surface area contributed by atoms with Crippen LogP contribution in [0.1, 0.15) is 52.3 Å². The van der Waals surface area contributed by atoms with Crippen molar-refractivity contribution in [3.05, 3.63) is 58.9 Å². The number of methoxy groups -OCH3 is 2. The van der Waals surface area contributed by atoms with E-state index < -0.39 is 36.8 Å². The van der Waals surface area contributed by atoms with E-state index in [0.29, 0.717) is 17.7 Å². The maximum atomic E-state index is 10.4. The number of ether oxygens (including phenoxy) is 4. The van der Waals surface area contributed by atoms with Crippen molar-refractivity contribution in [3.63, 3.8) is 0 Å². The fourth-order valence-corrected chi connectivity index (χ4v) is 4.16. The van der Waals surface area contributed by atoms with Gasteiger partial charge in [0, 0.05) is 17.9 Å². The van der Waals surface area contributed by atoms with E-state index >= 15 is 0 Å². The molecule has 2 heterocycles. The highest BCUT2D eigenvalue weighted by molar-refractivity contribution is 5.54. The normalized spacial score (nSPS) is 26.2. The van der Waals surface area contributed by atoms with Crippen LogP contribution in [0.25, 0.3) is 0 Å². The first-order chi connectivity index (χ1) is 18.5. The SMILES string of the molecule is C/C=C(\C)C(O)C(C)/C=C/C=C/C/C(C)=C/Cc1nc(OC)c(OC)c(OC2OC(C)C(O)C(O)C2O)c1C. The summed E-state index contributed by atoms with van der Waals surface area (Å²) in [6, 6.07) is 0. The Morgan fingerprint density at radius 1 is 1.05 bits per heavy atom. The first kappa shape index (κ1) is 32.5. The van der Waals surface area contributed by atoms with Crippen molar-refractivity contribution in [1.82, 2.24) is 4.98 Å². The van der Waals surface area contributed by atoms with E-state index in [1.807, 2.05) is 58.9 Å². The number of aliphatic hydroxyl groups excluding tert-OH is 4. The molecule has 2 rings (SSSR count). The molecule has 9 nitrogen and oxygen atoms in total. The third-order valence-electron chi connectivity index (χ3n) is 7.02. The van der Waals surface area contributed by atoms with E-state index in [0.717, 1.165) is 17.6 Å². The number of hydrogen-bond donors (Lipinski definition) is 4. The number of aliphatic hydroxyl groups is 4. The van der Waals surface area contributed by atoms with Crippen molar-refractivity contribution in [2.45, 2.75) is 91.2 Å². The Labute approximate surface area is 232 Å². The van der Waals surface area contributed by atoms with Gasteiger partial charge in [0.15, 0.2) is 5.75 Å². The highest BCUT2D eigenvalue weighted by atomic mass is 16.7. The van der Waals surface area contributed by atoms with Crippen molar-refractivity contribution >= 4 is 0 Å². The predicted octanol–water partition coefficient (Wildman–Crippen LogP) is 3.57. The third kappa shape index (κ3) is 8.40. The molecule has 0 aromatic carbocycles. The highest BCUT2D eigenvalue weighted by Crippen LogP contribution is 2.41. The Morgan fingerprint density at radius 2 is 1.74 bits per heavy atom. The van der Waals surface area contributed by atoms with E-state index in [9.17, 15) is 20.4 Å². The molecule has 1 saturated heterocycles. The maximum absolute atomic E-state index is 10.4. The summed E-state index contributed by atoms with van der Waals surface area (Å²) in [6.07, 6.45) is 6.59. The van der Waals surface area contributed by atoms with Gasteiger partial charge >= 0.3 is 0 Å². The van der Waals surface area contributed by atoms with E-state index in [1.54, 1.807) is 6.92 Å². The van der Waals surface area contributed by atoms with Gasteiger partial charge in [0.05, 0.1) is 32.1 Å². The maximum Gasteiger partial charge on any atom is 0.261 e. The van der Waals surface area contributed by atoms with Crippen LogP contribution in [0.4, 0.5) is 0 Å². The quantitative estimate of drug-likeness (QED) is 0.229. The molecule has 0 saturated carbocycles. The van der Waals surface area contributed by atoms with Crippen LogP contribution in [0.15, 0.2) is 47.6 Å². The van der Waals surface area contributed by atoms with Gasteiger partial charge in [-0.2, -0.15) is 0 Å². The van der Waals surface area contributed by atoms with Crippen molar-refractivity contribution in [3.8, 4) is 17.4 Å². The van der Waals surface area contributed by atoms with Crippen molar-refractivity contribution in [1.29, 1.82) is 0 Å². The van der Waals surface area contributed by atoms with Crippen LogP contribution in [0.2, 0.25) is 0 Å². The molecule has 218 valence electrons. The molecule has 7 atom stereocenters. The lowest BCUT2D eigenvalue weighted by Crippen LogP contribution is -2.58. The molecular formula is C30H45NO8. The second kappa shape index (κ2) is 15.2. The molecule has 1 aliphatic rings. The van der Waals surface area contributed by atoms with E-state index in [-0.39, 0.29) is 23.3 Å². The van der Waals surface area contributed by atoms with E-state index in [2.05, 4.69) is 17.1 Å². The molecule has 39 heavy (non-hydrogen) atoms. The van der Waals surface area contributed by atoms with Crippen LogP contribution in [0.3, 0.4) is 0 Å². The summed E-state index contributed by atoms with van der Waals surface area (Å²) in [5, 5.41) is 40.9. The summed E-state index contributed by atoms with van der Waals surface area (Å²) >= 11 is 0. The van der Waals surface area contributed by atoms with Crippen LogP contribution < -0.4 is 14.2 Å². The first-order valence-electron chi connectivity index (χ1n) is 13.2. The van der Waals surface area contributed by atoms with Gasteiger partial charge in [-0.05, 0) is 46.6 Å². The molecule has 0 amide bonds. The predicted molar refractivity (Wildman–Crippen MR) is 150 cm³/mol. The average molecular weight is 548 g/mol. The van der Waals surface area contributed by atoms with Gasteiger partial charge in [-0.3, -0.25) is 0 Å². The lowest BCUT2D eigenvalue weighted by Gasteiger charge is -2.39. The summed E-state index contributed by atoms with van der Waals surface area (Å²) in [4.78, 5) is 4.59. The molecular weight excluding hydrogens is 502 g/mol. The van der Waals surface area contributed by atoms with Gasteiger partial charge in [-0.1, -0.05) is 49.0 Å². The van der Waals surface area contributed by atoms with Crippen LogP contribution in [-0.2, 0) is 11.2 Å². The summed E-state index contributed by atoms with van der Waals surface area (Å²) < 4.78 is 22.6. The van der Waals surface area contributed by atoms with Crippen molar-refractivity contribution in [2.75, 3.05) is 14.2 Å². The molecule has 1 aromatic heterocycles. The molecule has 0 spiro atoms. The fraction of sp³-hybridized carbons (Fsp3) is 0.567. The average Bonchev–Trinajstić information content (AvgIpc) is 2.93. The number of allylic oxidation sites excluding steroid dienone is 6. The Balaban J connectivity index is 2.17. The zero-order chi connectivity index (χ0) is 29.3. The summed E-state index contributed by atoms with van der Waals surface area (Å²) in [5.74, 6) is 0.754. The van der Waals surface area contributed by atoms with Gasteiger partial charge in [0.25, 0.3) is 5.88 Å². The number of hydrogen-bond acceptors (Lipinski definition) is 9. The summed E-state index contributed by atoms with van der Waals surface area (Å²) in [5.41, 5.74) is 3.44. The van der Waals surface area contributed by atoms with E-state index in [4.69, 9.17) is 18.9 Å².